The first-order valence-electron chi connectivity index (χ1n) is 4.40. The minimum Gasteiger partial charge on any atom is -0.468 e. The van der Waals surface area contributed by atoms with E-state index in [0.29, 0.717) is 6.61 Å². The van der Waals surface area contributed by atoms with Gasteiger partial charge in [0.1, 0.15) is 12.6 Å². The van der Waals surface area contributed by atoms with Crippen LogP contribution in [0.2, 0.25) is 0 Å². The van der Waals surface area contributed by atoms with Crippen molar-refractivity contribution < 1.29 is 19.1 Å². The first kappa shape index (κ1) is 13.6. The quantitative estimate of drug-likeness (QED) is 0.317. The summed E-state index contributed by atoms with van der Waals surface area (Å²) in [4.78, 5) is 21.9. The maximum Gasteiger partial charge on any atom is 0.325 e. The van der Waals surface area contributed by atoms with E-state index in [9.17, 15) is 9.59 Å². The van der Waals surface area contributed by atoms with E-state index >= 15 is 0 Å². The van der Waals surface area contributed by atoms with E-state index in [4.69, 9.17) is 10.5 Å². The second-order valence-electron chi connectivity index (χ2n) is 2.73. The van der Waals surface area contributed by atoms with Crippen LogP contribution in [0.1, 0.15) is 0 Å². The number of carbonyl (C=O) groups excluding carboxylic acids is 2. The Labute approximate surface area is 88.4 Å². The van der Waals surface area contributed by atoms with Gasteiger partial charge in [-0.25, -0.2) is 0 Å². The van der Waals surface area contributed by atoms with Gasteiger partial charge in [0.2, 0.25) is 5.91 Å². The van der Waals surface area contributed by atoms with Crippen molar-refractivity contribution in [1.82, 2.24) is 5.32 Å². The third kappa shape index (κ3) is 6.64. The molecule has 1 atom stereocenters. The first-order valence-corrected chi connectivity index (χ1v) is 4.40. The van der Waals surface area contributed by atoms with E-state index in [0.717, 1.165) is 0 Å². The maximum absolute atomic E-state index is 11.2. The number of methoxy groups -OCH3 is 1. The minimum absolute atomic E-state index is 0.0824. The molecular weight excluding hydrogens is 200 g/mol. The van der Waals surface area contributed by atoms with Crippen LogP contribution in [0, 0.1) is 0 Å². The molecule has 0 aromatic heterocycles. The fourth-order valence-corrected chi connectivity index (χ4v) is 0.717. The number of hydrogen-bond acceptors (Lipinski definition) is 5. The van der Waals surface area contributed by atoms with Crippen molar-refractivity contribution in [3.8, 4) is 0 Å². The zero-order valence-corrected chi connectivity index (χ0v) is 8.69. The molecule has 0 unspecified atom stereocenters. The normalized spacial score (nSPS) is 11.6. The van der Waals surface area contributed by atoms with Gasteiger partial charge >= 0.3 is 5.97 Å². The van der Waals surface area contributed by atoms with Crippen LogP contribution in [0.3, 0.4) is 0 Å². The molecule has 6 heteroatoms. The smallest absolute Gasteiger partial charge is 0.325 e. The molecule has 0 saturated heterocycles. The SMILES string of the molecule is C=CCOC[C@H](N)C(=O)NCC(=O)OC. The molecule has 0 aromatic rings. The highest BCUT2D eigenvalue weighted by Crippen LogP contribution is 1.83. The third-order valence-corrected chi connectivity index (χ3v) is 1.50. The Morgan fingerprint density at radius 2 is 2.27 bits per heavy atom. The second kappa shape index (κ2) is 7.95. The maximum atomic E-state index is 11.2. The van der Waals surface area contributed by atoms with Crippen LogP contribution in [0.25, 0.3) is 0 Å². The molecule has 6 nitrogen and oxygen atoms in total. The van der Waals surface area contributed by atoms with Crippen molar-refractivity contribution in [2.75, 3.05) is 26.9 Å². The van der Waals surface area contributed by atoms with Crippen LogP contribution in [0.5, 0.6) is 0 Å². The lowest BCUT2D eigenvalue weighted by Crippen LogP contribution is -2.45. The fraction of sp³-hybridized carbons (Fsp3) is 0.556. The van der Waals surface area contributed by atoms with E-state index in [-0.39, 0.29) is 13.2 Å². The molecule has 0 aromatic carbocycles. The molecule has 0 aliphatic carbocycles. The molecule has 86 valence electrons. The van der Waals surface area contributed by atoms with Crippen LogP contribution in [-0.2, 0) is 19.1 Å². The van der Waals surface area contributed by atoms with Gasteiger partial charge in [0.05, 0.1) is 20.3 Å². The van der Waals surface area contributed by atoms with Crippen molar-refractivity contribution in [3.63, 3.8) is 0 Å². The number of hydrogen-bond donors (Lipinski definition) is 2. The highest BCUT2D eigenvalue weighted by molar-refractivity contribution is 5.85. The number of carbonyl (C=O) groups is 2. The zero-order chi connectivity index (χ0) is 11.7. The van der Waals surface area contributed by atoms with Crippen molar-refractivity contribution in [1.29, 1.82) is 0 Å². The monoisotopic (exact) mass is 216 g/mol. The molecule has 0 heterocycles. The van der Waals surface area contributed by atoms with Gasteiger partial charge in [0.25, 0.3) is 0 Å². The van der Waals surface area contributed by atoms with Crippen molar-refractivity contribution >= 4 is 11.9 Å². The summed E-state index contributed by atoms with van der Waals surface area (Å²) in [6.07, 6.45) is 1.55. The highest BCUT2D eigenvalue weighted by atomic mass is 16.5. The largest absolute Gasteiger partial charge is 0.468 e. The predicted octanol–water partition coefficient (Wildman–Crippen LogP) is -1.19. The summed E-state index contributed by atoms with van der Waals surface area (Å²) in [5.74, 6) is -0.980. The molecule has 0 spiro atoms. The Kier molecular flexibility index (Phi) is 7.21. The average Bonchev–Trinajstić information content (AvgIpc) is 2.25. The van der Waals surface area contributed by atoms with E-state index in [2.05, 4.69) is 16.6 Å². The molecule has 0 fully saturated rings. The summed E-state index contributed by atoms with van der Waals surface area (Å²) in [6, 6.07) is -0.797. The summed E-state index contributed by atoms with van der Waals surface area (Å²) in [6.45, 7) is 3.67. The second-order valence-corrected chi connectivity index (χ2v) is 2.73. The molecular formula is C9H16N2O4. The summed E-state index contributed by atoms with van der Waals surface area (Å²) in [5.41, 5.74) is 5.46. The lowest BCUT2D eigenvalue weighted by molar-refractivity contribution is -0.141. The van der Waals surface area contributed by atoms with Gasteiger partial charge in [-0.3, -0.25) is 9.59 Å². The topological polar surface area (TPSA) is 90.6 Å². The third-order valence-electron chi connectivity index (χ3n) is 1.50. The minimum atomic E-state index is -0.797. The molecule has 0 aliphatic heterocycles. The molecule has 1 amide bonds. The van der Waals surface area contributed by atoms with Gasteiger partial charge in [0.15, 0.2) is 0 Å². The summed E-state index contributed by atoms with van der Waals surface area (Å²) in [7, 11) is 1.24. The number of esters is 1. The highest BCUT2D eigenvalue weighted by Gasteiger charge is 2.14. The summed E-state index contributed by atoms with van der Waals surface area (Å²) in [5, 5.41) is 2.32. The molecule has 0 bridgehead atoms. The summed E-state index contributed by atoms with van der Waals surface area (Å²) < 4.78 is 9.32. The van der Waals surface area contributed by atoms with Gasteiger partial charge in [-0.05, 0) is 0 Å². The molecule has 3 N–H and O–H groups in total. The van der Waals surface area contributed by atoms with E-state index in [1.807, 2.05) is 0 Å². The van der Waals surface area contributed by atoms with Crippen LogP contribution in [0.4, 0.5) is 0 Å². The fourth-order valence-electron chi connectivity index (χ4n) is 0.717. The Balaban J connectivity index is 3.68. The first-order chi connectivity index (χ1) is 7.11. The number of ether oxygens (including phenoxy) is 2. The molecule has 0 radical (unpaired) electrons. The van der Waals surface area contributed by atoms with E-state index in [1.54, 1.807) is 6.08 Å². The number of nitrogens with one attached hydrogen (secondary N) is 1. The summed E-state index contributed by atoms with van der Waals surface area (Å²) >= 11 is 0. The van der Waals surface area contributed by atoms with Gasteiger partial charge < -0.3 is 20.5 Å². The molecule has 0 saturated carbocycles. The zero-order valence-electron chi connectivity index (χ0n) is 8.69. The van der Waals surface area contributed by atoms with Crippen molar-refractivity contribution in [2.24, 2.45) is 5.73 Å². The lowest BCUT2D eigenvalue weighted by Gasteiger charge is -2.11. The standard InChI is InChI=1S/C9H16N2O4/c1-3-4-15-6-7(10)9(13)11-5-8(12)14-2/h3,7H,1,4-6,10H2,2H3,(H,11,13)/t7-/m0/s1. The Hall–Kier alpha value is -1.40. The van der Waals surface area contributed by atoms with E-state index < -0.39 is 17.9 Å². The van der Waals surface area contributed by atoms with Gasteiger partial charge in [0, 0.05) is 0 Å². The van der Waals surface area contributed by atoms with Gasteiger partial charge in [-0.1, -0.05) is 6.08 Å². The van der Waals surface area contributed by atoms with Crippen LogP contribution < -0.4 is 11.1 Å². The molecule has 0 aliphatic rings. The van der Waals surface area contributed by atoms with Crippen molar-refractivity contribution in [3.05, 3.63) is 12.7 Å². The van der Waals surface area contributed by atoms with Crippen LogP contribution in [-0.4, -0.2) is 44.8 Å². The molecule has 15 heavy (non-hydrogen) atoms. The van der Waals surface area contributed by atoms with Gasteiger partial charge in [-0.2, -0.15) is 0 Å². The number of rotatable bonds is 7. The Bertz CT molecular complexity index is 230. The Morgan fingerprint density at radius 1 is 1.60 bits per heavy atom. The Morgan fingerprint density at radius 3 is 2.80 bits per heavy atom. The van der Waals surface area contributed by atoms with E-state index in [1.165, 1.54) is 7.11 Å². The average molecular weight is 216 g/mol. The molecule has 0 rings (SSSR count). The predicted molar refractivity (Wildman–Crippen MR) is 54.0 cm³/mol. The number of amides is 1. The van der Waals surface area contributed by atoms with Crippen LogP contribution in [0.15, 0.2) is 12.7 Å². The lowest BCUT2D eigenvalue weighted by atomic mass is 10.3. The van der Waals surface area contributed by atoms with Crippen molar-refractivity contribution in [2.45, 2.75) is 6.04 Å². The number of nitrogens with two attached hydrogens (primary N) is 1. The van der Waals surface area contributed by atoms with Crippen LogP contribution >= 0.6 is 0 Å². The van der Waals surface area contributed by atoms with Gasteiger partial charge in [-0.15, -0.1) is 6.58 Å².